The lowest BCUT2D eigenvalue weighted by molar-refractivity contribution is -0.141. The number of nitrogens with zero attached hydrogens (tertiary/aromatic N) is 1. The largest absolute Gasteiger partial charge is 0.433 e. The van der Waals surface area contributed by atoms with Crippen molar-refractivity contribution in [2.45, 2.75) is 31.5 Å². The third-order valence-corrected chi connectivity index (χ3v) is 2.79. The molecule has 1 aromatic heterocycles. The van der Waals surface area contributed by atoms with Gasteiger partial charge in [-0.3, -0.25) is 4.98 Å². The average molecular weight is 267 g/mol. The minimum Gasteiger partial charge on any atom is -0.310 e. The Bertz CT molecular complexity index is 345. The van der Waals surface area contributed by atoms with Crippen molar-refractivity contribution >= 4 is 12.4 Å². The number of pyridine rings is 1. The summed E-state index contributed by atoms with van der Waals surface area (Å²) >= 11 is 0. The molecule has 1 N–H and O–H groups in total. The standard InChI is InChI=1S/C11H13F3N2.ClH/c12-11(13,14)10-5-4-8(7-16-10)9-3-1-2-6-15-9;/h4-5,7,9,15H,1-3,6H2;1H. The fourth-order valence-electron chi connectivity index (χ4n) is 1.92. The van der Waals surface area contributed by atoms with Crippen LogP contribution in [0.2, 0.25) is 0 Å². The lowest BCUT2D eigenvalue weighted by Crippen LogP contribution is -2.27. The minimum atomic E-state index is -4.35. The summed E-state index contributed by atoms with van der Waals surface area (Å²) in [5.74, 6) is 0. The number of nitrogens with one attached hydrogen (secondary N) is 1. The van der Waals surface area contributed by atoms with Crippen LogP contribution in [0.4, 0.5) is 13.2 Å². The van der Waals surface area contributed by atoms with Crippen molar-refractivity contribution in [3.63, 3.8) is 0 Å². The Morgan fingerprint density at radius 3 is 2.47 bits per heavy atom. The maximum Gasteiger partial charge on any atom is 0.433 e. The highest BCUT2D eigenvalue weighted by Crippen LogP contribution is 2.29. The van der Waals surface area contributed by atoms with Crippen LogP contribution in [0, 0.1) is 0 Å². The summed E-state index contributed by atoms with van der Waals surface area (Å²) in [4.78, 5) is 3.46. The van der Waals surface area contributed by atoms with Crippen LogP contribution in [0.1, 0.15) is 36.6 Å². The lowest BCUT2D eigenvalue weighted by Gasteiger charge is -2.23. The Morgan fingerprint density at radius 2 is 2.00 bits per heavy atom. The summed E-state index contributed by atoms with van der Waals surface area (Å²) < 4.78 is 36.9. The molecule has 1 aliphatic rings. The summed E-state index contributed by atoms with van der Waals surface area (Å²) in [5, 5.41) is 3.27. The van der Waals surface area contributed by atoms with Gasteiger partial charge in [0.05, 0.1) is 0 Å². The fraction of sp³-hybridized carbons (Fsp3) is 0.545. The Balaban J connectivity index is 0.00000144. The predicted molar refractivity (Wildman–Crippen MR) is 61.1 cm³/mol. The zero-order chi connectivity index (χ0) is 11.6. The molecule has 96 valence electrons. The monoisotopic (exact) mass is 266 g/mol. The smallest absolute Gasteiger partial charge is 0.310 e. The minimum absolute atomic E-state index is 0. The van der Waals surface area contributed by atoms with Crippen molar-refractivity contribution in [2.24, 2.45) is 0 Å². The molecule has 17 heavy (non-hydrogen) atoms. The predicted octanol–water partition coefficient (Wildman–Crippen LogP) is 3.34. The van der Waals surface area contributed by atoms with Gasteiger partial charge in [0.1, 0.15) is 5.69 Å². The molecule has 1 fully saturated rings. The van der Waals surface area contributed by atoms with Crippen molar-refractivity contribution in [3.05, 3.63) is 29.6 Å². The average Bonchev–Trinajstić information content (AvgIpc) is 2.29. The molecule has 2 nitrogen and oxygen atoms in total. The van der Waals surface area contributed by atoms with Gasteiger partial charge >= 0.3 is 6.18 Å². The first-order valence-corrected chi connectivity index (χ1v) is 5.34. The van der Waals surface area contributed by atoms with E-state index in [1.165, 1.54) is 12.3 Å². The normalized spacial score (nSPS) is 20.8. The number of hydrogen-bond donors (Lipinski definition) is 1. The van der Waals surface area contributed by atoms with E-state index in [0.29, 0.717) is 0 Å². The van der Waals surface area contributed by atoms with Crippen molar-refractivity contribution < 1.29 is 13.2 Å². The van der Waals surface area contributed by atoms with E-state index in [4.69, 9.17) is 0 Å². The zero-order valence-electron chi connectivity index (χ0n) is 9.13. The van der Waals surface area contributed by atoms with Gasteiger partial charge in [-0.15, -0.1) is 12.4 Å². The number of aromatic nitrogens is 1. The second-order valence-corrected chi connectivity index (χ2v) is 3.98. The van der Waals surface area contributed by atoms with Gasteiger partial charge in [0.15, 0.2) is 0 Å². The van der Waals surface area contributed by atoms with E-state index >= 15 is 0 Å². The van der Waals surface area contributed by atoms with Gasteiger partial charge in [0.2, 0.25) is 0 Å². The summed E-state index contributed by atoms with van der Waals surface area (Å²) in [6, 6.07) is 2.72. The molecule has 1 atom stereocenters. The molecule has 0 spiro atoms. The van der Waals surface area contributed by atoms with E-state index in [1.807, 2.05) is 0 Å². The third-order valence-electron chi connectivity index (χ3n) is 2.79. The van der Waals surface area contributed by atoms with Gasteiger partial charge in [0.25, 0.3) is 0 Å². The van der Waals surface area contributed by atoms with Crippen LogP contribution < -0.4 is 5.32 Å². The van der Waals surface area contributed by atoms with Gasteiger partial charge in [0, 0.05) is 12.2 Å². The van der Waals surface area contributed by atoms with Crippen LogP contribution >= 0.6 is 12.4 Å². The molecule has 0 amide bonds. The Labute approximate surface area is 104 Å². The first kappa shape index (κ1) is 14.3. The first-order valence-electron chi connectivity index (χ1n) is 5.34. The third kappa shape index (κ3) is 3.57. The summed E-state index contributed by atoms with van der Waals surface area (Å²) in [7, 11) is 0. The molecule has 0 aromatic carbocycles. The van der Waals surface area contributed by atoms with Gasteiger partial charge < -0.3 is 5.32 Å². The number of halogens is 4. The van der Waals surface area contributed by atoms with Crippen molar-refractivity contribution in [1.29, 1.82) is 0 Å². The molecule has 2 heterocycles. The number of rotatable bonds is 1. The lowest BCUT2D eigenvalue weighted by atomic mass is 9.99. The second-order valence-electron chi connectivity index (χ2n) is 3.98. The van der Waals surface area contributed by atoms with E-state index in [1.54, 1.807) is 0 Å². The zero-order valence-corrected chi connectivity index (χ0v) is 9.94. The quantitative estimate of drug-likeness (QED) is 0.843. The topological polar surface area (TPSA) is 24.9 Å². The van der Waals surface area contributed by atoms with Crippen LogP contribution in [0.3, 0.4) is 0 Å². The molecule has 6 heteroatoms. The van der Waals surface area contributed by atoms with Crippen molar-refractivity contribution in [2.75, 3.05) is 6.54 Å². The Morgan fingerprint density at radius 1 is 1.24 bits per heavy atom. The molecule has 2 rings (SSSR count). The van der Waals surface area contributed by atoms with Crippen LogP contribution in [-0.2, 0) is 6.18 Å². The molecule has 1 unspecified atom stereocenters. The van der Waals surface area contributed by atoms with Crippen molar-refractivity contribution in [3.8, 4) is 0 Å². The maximum absolute atomic E-state index is 12.3. The first-order chi connectivity index (χ1) is 7.57. The number of hydrogen-bond acceptors (Lipinski definition) is 2. The molecule has 0 radical (unpaired) electrons. The van der Waals surface area contributed by atoms with E-state index < -0.39 is 11.9 Å². The van der Waals surface area contributed by atoms with Gasteiger partial charge in [-0.2, -0.15) is 13.2 Å². The van der Waals surface area contributed by atoms with Crippen LogP contribution in [-0.4, -0.2) is 11.5 Å². The van der Waals surface area contributed by atoms with E-state index in [9.17, 15) is 13.2 Å². The summed E-state index contributed by atoms with van der Waals surface area (Å²) in [5.41, 5.74) is 0.0137. The molecule has 1 aromatic rings. The molecule has 0 saturated carbocycles. The number of alkyl halides is 3. The van der Waals surface area contributed by atoms with E-state index in [2.05, 4.69) is 10.3 Å². The maximum atomic E-state index is 12.3. The van der Waals surface area contributed by atoms with Crippen LogP contribution in [0.5, 0.6) is 0 Å². The van der Waals surface area contributed by atoms with Crippen molar-refractivity contribution in [1.82, 2.24) is 10.3 Å². The van der Waals surface area contributed by atoms with Gasteiger partial charge in [-0.1, -0.05) is 12.5 Å². The molecule has 1 aliphatic heterocycles. The molecule has 0 aliphatic carbocycles. The van der Waals surface area contributed by atoms with Gasteiger partial charge in [-0.25, -0.2) is 0 Å². The van der Waals surface area contributed by atoms with Crippen LogP contribution in [0.15, 0.2) is 18.3 Å². The number of piperidine rings is 1. The summed E-state index contributed by atoms with van der Waals surface area (Å²) in [6.45, 7) is 0.922. The van der Waals surface area contributed by atoms with Gasteiger partial charge in [-0.05, 0) is 31.0 Å². The van der Waals surface area contributed by atoms with E-state index in [-0.39, 0.29) is 18.4 Å². The molecular formula is C11H14ClF3N2. The van der Waals surface area contributed by atoms with E-state index in [0.717, 1.165) is 37.4 Å². The Kier molecular flexibility index (Phi) is 4.77. The Hall–Kier alpha value is -0.810. The summed E-state index contributed by atoms with van der Waals surface area (Å²) in [6.07, 6.45) is 0.181. The second kappa shape index (κ2) is 5.69. The highest BCUT2D eigenvalue weighted by atomic mass is 35.5. The fourth-order valence-corrected chi connectivity index (χ4v) is 1.92. The van der Waals surface area contributed by atoms with Crippen LogP contribution in [0.25, 0.3) is 0 Å². The SMILES string of the molecule is Cl.FC(F)(F)c1ccc(C2CCCCN2)cn1. The highest BCUT2D eigenvalue weighted by Gasteiger charge is 2.32. The molecular weight excluding hydrogens is 253 g/mol. The molecule has 1 saturated heterocycles. The highest BCUT2D eigenvalue weighted by molar-refractivity contribution is 5.85. The molecule has 0 bridgehead atoms.